The Morgan fingerprint density at radius 3 is 2.62 bits per heavy atom. The Hall–Kier alpha value is -1.40. The molecule has 6 heteroatoms. The fourth-order valence-corrected chi connectivity index (χ4v) is 3.88. The summed E-state index contributed by atoms with van der Waals surface area (Å²) in [6.07, 6.45) is 2.66. The normalized spacial score (nSPS) is 19.5. The molecule has 1 saturated heterocycles. The lowest BCUT2D eigenvalue weighted by molar-refractivity contribution is -0.135. The summed E-state index contributed by atoms with van der Waals surface area (Å²) < 4.78 is 24.3. The minimum Gasteiger partial charge on any atom is -0.394 e. The van der Waals surface area contributed by atoms with Crippen molar-refractivity contribution in [3.05, 3.63) is 30.3 Å². The number of hydrogen-bond acceptors (Lipinski definition) is 4. The number of nitrogens with zero attached hydrogens (tertiary/aromatic N) is 1. The maximum Gasteiger partial charge on any atom is 0.223 e. The molecule has 1 amide bonds. The van der Waals surface area contributed by atoms with Gasteiger partial charge in [0, 0.05) is 13.0 Å². The van der Waals surface area contributed by atoms with Gasteiger partial charge in [0.05, 0.1) is 23.3 Å². The molecule has 1 aromatic rings. The predicted molar refractivity (Wildman–Crippen MR) is 79.5 cm³/mol. The summed E-state index contributed by atoms with van der Waals surface area (Å²) in [6, 6.07) is 8.01. The lowest BCUT2D eigenvalue weighted by atomic mass is 10.0. The van der Waals surface area contributed by atoms with E-state index in [1.165, 1.54) is 12.1 Å². The van der Waals surface area contributed by atoms with E-state index in [0.29, 0.717) is 6.54 Å². The second-order valence-corrected chi connectivity index (χ2v) is 7.41. The third-order valence-electron chi connectivity index (χ3n) is 3.85. The maximum atomic E-state index is 12.2. The van der Waals surface area contributed by atoms with Gasteiger partial charge in [-0.25, -0.2) is 8.42 Å². The molecule has 0 bridgehead atoms. The summed E-state index contributed by atoms with van der Waals surface area (Å²) in [5, 5.41) is 9.30. The number of benzene rings is 1. The molecule has 1 unspecified atom stereocenters. The fourth-order valence-electron chi connectivity index (χ4n) is 2.63. The molecular formula is C15H21NO4S. The number of piperidine rings is 1. The minimum atomic E-state index is -3.43. The zero-order chi connectivity index (χ0) is 15.3. The number of rotatable bonds is 5. The van der Waals surface area contributed by atoms with Gasteiger partial charge < -0.3 is 10.0 Å². The van der Waals surface area contributed by atoms with Gasteiger partial charge >= 0.3 is 0 Å². The van der Waals surface area contributed by atoms with E-state index in [2.05, 4.69) is 0 Å². The molecule has 0 saturated carbocycles. The molecule has 0 aliphatic carbocycles. The molecule has 116 valence electrons. The SMILES string of the molecule is O=C(CCS(=O)(=O)c1ccccc1)N1CCCCC1CO. The first kappa shape index (κ1) is 16.0. The van der Waals surface area contributed by atoms with Gasteiger partial charge in [0.15, 0.2) is 9.84 Å². The van der Waals surface area contributed by atoms with Crippen LogP contribution in [0.1, 0.15) is 25.7 Å². The highest BCUT2D eigenvalue weighted by molar-refractivity contribution is 7.91. The van der Waals surface area contributed by atoms with Crippen molar-refractivity contribution in [2.45, 2.75) is 36.6 Å². The average Bonchev–Trinajstić information content (AvgIpc) is 2.53. The Bertz CT molecular complexity index is 571. The third-order valence-corrected chi connectivity index (χ3v) is 5.58. The summed E-state index contributed by atoms with van der Waals surface area (Å²) in [6.45, 7) is 0.548. The smallest absolute Gasteiger partial charge is 0.223 e. The molecular weight excluding hydrogens is 290 g/mol. The second-order valence-electron chi connectivity index (χ2n) is 5.30. The fraction of sp³-hybridized carbons (Fsp3) is 0.533. The molecule has 2 rings (SSSR count). The molecule has 0 aromatic heterocycles. The number of carbonyl (C=O) groups is 1. The Kier molecular flexibility index (Phi) is 5.36. The van der Waals surface area contributed by atoms with E-state index in [-0.39, 0.29) is 35.6 Å². The summed E-state index contributed by atoms with van der Waals surface area (Å²) >= 11 is 0. The Labute approximate surface area is 125 Å². The number of aliphatic hydroxyl groups excluding tert-OH is 1. The Morgan fingerprint density at radius 1 is 1.24 bits per heavy atom. The van der Waals surface area contributed by atoms with Crippen molar-refractivity contribution in [2.75, 3.05) is 18.9 Å². The lowest BCUT2D eigenvalue weighted by Crippen LogP contribution is -2.46. The molecule has 5 nitrogen and oxygen atoms in total. The molecule has 1 aliphatic rings. The van der Waals surface area contributed by atoms with Gasteiger partial charge in [-0.05, 0) is 31.4 Å². The van der Waals surface area contributed by atoms with Crippen molar-refractivity contribution in [1.82, 2.24) is 4.90 Å². The highest BCUT2D eigenvalue weighted by Gasteiger charge is 2.27. The van der Waals surface area contributed by atoms with Gasteiger partial charge in [-0.3, -0.25) is 4.79 Å². The van der Waals surface area contributed by atoms with Crippen molar-refractivity contribution in [2.24, 2.45) is 0 Å². The predicted octanol–water partition coefficient (Wildman–Crippen LogP) is 1.22. The van der Waals surface area contributed by atoms with E-state index in [4.69, 9.17) is 0 Å². The average molecular weight is 311 g/mol. The van der Waals surface area contributed by atoms with Crippen LogP contribution in [0.3, 0.4) is 0 Å². The zero-order valence-corrected chi connectivity index (χ0v) is 12.8. The summed E-state index contributed by atoms with van der Waals surface area (Å²) in [5.74, 6) is -0.377. The Balaban J connectivity index is 1.97. The van der Waals surface area contributed by atoms with E-state index in [0.717, 1.165) is 19.3 Å². The molecule has 1 N–H and O–H groups in total. The van der Waals surface area contributed by atoms with Crippen molar-refractivity contribution in [1.29, 1.82) is 0 Å². The van der Waals surface area contributed by atoms with Crippen LogP contribution in [0.2, 0.25) is 0 Å². The van der Waals surface area contributed by atoms with Crippen LogP contribution in [-0.2, 0) is 14.6 Å². The quantitative estimate of drug-likeness (QED) is 0.887. The third kappa shape index (κ3) is 4.04. The van der Waals surface area contributed by atoms with Crippen molar-refractivity contribution < 1.29 is 18.3 Å². The van der Waals surface area contributed by atoms with Crippen LogP contribution < -0.4 is 0 Å². The highest BCUT2D eigenvalue weighted by Crippen LogP contribution is 2.18. The second kappa shape index (κ2) is 7.04. The summed E-state index contributed by atoms with van der Waals surface area (Å²) in [4.78, 5) is 14.1. The minimum absolute atomic E-state index is 0.0340. The number of aliphatic hydroxyl groups is 1. The van der Waals surface area contributed by atoms with E-state index in [1.54, 1.807) is 23.1 Å². The molecule has 21 heavy (non-hydrogen) atoms. The van der Waals surface area contributed by atoms with Crippen LogP contribution in [-0.4, -0.2) is 49.3 Å². The van der Waals surface area contributed by atoms with Gasteiger partial charge in [-0.15, -0.1) is 0 Å². The number of amides is 1. The largest absolute Gasteiger partial charge is 0.394 e. The number of sulfone groups is 1. The first-order valence-corrected chi connectivity index (χ1v) is 8.88. The van der Waals surface area contributed by atoms with Crippen LogP contribution in [0.5, 0.6) is 0 Å². The van der Waals surface area contributed by atoms with Crippen LogP contribution in [0.15, 0.2) is 35.2 Å². The summed E-state index contributed by atoms with van der Waals surface area (Å²) in [7, 11) is -3.43. The lowest BCUT2D eigenvalue weighted by Gasteiger charge is -2.34. The zero-order valence-electron chi connectivity index (χ0n) is 11.9. The maximum absolute atomic E-state index is 12.2. The van der Waals surface area contributed by atoms with Gasteiger partial charge in [-0.1, -0.05) is 18.2 Å². The molecule has 0 spiro atoms. The first-order chi connectivity index (χ1) is 10.0. The molecule has 1 aromatic carbocycles. The monoisotopic (exact) mass is 311 g/mol. The van der Waals surface area contributed by atoms with E-state index in [1.807, 2.05) is 0 Å². The van der Waals surface area contributed by atoms with Crippen molar-refractivity contribution in [3.8, 4) is 0 Å². The standard InChI is InChI=1S/C15H21NO4S/c17-12-13-6-4-5-10-16(13)15(18)9-11-21(19,20)14-7-2-1-3-8-14/h1-3,7-8,13,17H,4-6,9-12H2. The molecule has 1 atom stereocenters. The number of hydrogen-bond donors (Lipinski definition) is 1. The van der Waals surface area contributed by atoms with E-state index in [9.17, 15) is 18.3 Å². The van der Waals surface area contributed by atoms with E-state index < -0.39 is 9.84 Å². The van der Waals surface area contributed by atoms with Gasteiger partial charge in [-0.2, -0.15) is 0 Å². The molecule has 0 radical (unpaired) electrons. The first-order valence-electron chi connectivity index (χ1n) is 7.23. The van der Waals surface area contributed by atoms with E-state index >= 15 is 0 Å². The van der Waals surface area contributed by atoms with Crippen molar-refractivity contribution in [3.63, 3.8) is 0 Å². The molecule has 1 aliphatic heterocycles. The molecule has 1 heterocycles. The van der Waals surface area contributed by atoms with Crippen molar-refractivity contribution >= 4 is 15.7 Å². The number of likely N-dealkylation sites (tertiary alicyclic amines) is 1. The number of carbonyl (C=O) groups excluding carboxylic acids is 1. The topological polar surface area (TPSA) is 74.7 Å². The van der Waals surface area contributed by atoms with Crippen LogP contribution in [0.4, 0.5) is 0 Å². The summed E-state index contributed by atoms with van der Waals surface area (Å²) in [5.41, 5.74) is 0. The van der Waals surface area contributed by atoms with Gasteiger partial charge in [0.25, 0.3) is 0 Å². The Morgan fingerprint density at radius 2 is 1.95 bits per heavy atom. The van der Waals surface area contributed by atoms with Crippen LogP contribution in [0, 0.1) is 0 Å². The van der Waals surface area contributed by atoms with Gasteiger partial charge in [0.2, 0.25) is 5.91 Å². The molecule has 1 fully saturated rings. The van der Waals surface area contributed by atoms with Gasteiger partial charge in [0.1, 0.15) is 0 Å². The highest BCUT2D eigenvalue weighted by atomic mass is 32.2. The van der Waals surface area contributed by atoms with Crippen LogP contribution in [0.25, 0.3) is 0 Å². The van der Waals surface area contributed by atoms with Crippen LogP contribution >= 0.6 is 0 Å².